The van der Waals surface area contributed by atoms with Crippen molar-refractivity contribution in [3.63, 3.8) is 0 Å². The summed E-state index contributed by atoms with van der Waals surface area (Å²) in [5.74, 6) is 0.822. The second-order valence-electron chi connectivity index (χ2n) is 6.14. The molecule has 2 atom stereocenters. The van der Waals surface area contributed by atoms with Gasteiger partial charge in [0.15, 0.2) is 0 Å². The van der Waals surface area contributed by atoms with Crippen LogP contribution in [0.15, 0.2) is 18.2 Å². The van der Waals surface area contributed by atoms with Crippen LogP contribution in [-0.2, 0) is 6.42 Å². The zero-order valence-corrected chi connectivity index (χ0v) is 12.8. The number of hydrogen-bond donors (Lipinski definition) is 1. The Hall–Kier alpha value is -0.820. The highest BCUT2D eigenvalue weighted by Crippen LogP contribution is 2.28. The van der Waals surface area contributed by atoms with Gasteiger partial charge in [0.05, 0.1) is 0 Å². The standard InChI is InChI=1S/C18H29N/c1-4-19-18-12-7-5-6-11-16(18)13-17-14(2)9-8-10-15(17)3/h8-10,16,18-19H,4-7,11-13H2,1-3H3. The summed E-state index contributed by atoms with van der Waals surface area (Å²) in [7, 11) is 0. The minimum atomic E-state index is 0.728. The molecule has 1 heteroatoms. The highest BCUT2D eigenvalue weighted by Gasteiger charge is 2.23. The third-order valence-electron chi connectivity index (χ3n) is 4.74. The van der Waals surface area contributed by atoms with E-state index in [-0.39, 0.29) is 0 Å². The second kappa shape index (κ2) is 7.09. The molecule has 1 aromatic rings. The highest BCUT2D eigenvalue weighted by atomic mass is 14.9. The maximum Gasteiger partial charge on any atom is 0.00983 e. The summed E-state index contributed by atoms with van der Waals surface area (Å²) < 4.78 is 0. The molecule has 1 saturated carbocycles. The molecule has 1 nitrogen and oxygen atoms in total. The maximum atomic E-state index is 3.73. The van der Waals surface area contributed by atoms with Crippen LogP contribution in [0.1, 0.15) is 55.7 Å². The molecule has 0 heterocycles. The normalized spacial score (nSPS) is 24.2. The fraction of sp³-hybridized carbons (Fsp3) is 0.667. The van der Waals surface area contributed by atoms with Crippen LogP contribution in [0.3, 0.4) is 0 Å². The van der Waals surface area contributed by atoms with Crippen LogP contribution in [0, 0.1) is 19.8 Å². The first-order chi connectivity index (χ1) is 9.22. The average molecular weight is 259 g/mol. The number of hydrogen-bond acceptors (Lipinski definition) is 1. The van der Waals surface area contributed by atoms with E-state index < -0.39 is 0 Å². The average Bonchev–Trinajstić information content (AvgIpc) is 2.60. The molecule has 0 saturated heterocycles. The quantitative estimate of drug-likeness (QED) is 0.790. The molecule has 1 aliphatic rings. The Kier molecular flexibility index (Phi) is 5.45. The van der Waals surface area contributed by atoms with Gasteiger partial charge in [-0.15, -0.1) is 0 Å². The van der Waals surface area contributed by atoms with E-state index in [1.165, 1.54) is 49.7 Å². The molecule has 0 spiro atoms. The third kappa shape index (κ3) is 3.82. The predicted octanol–water partition coefficient (Wildman–Crippen LogP) is 4.40. The van der Waals surface area contributed by atoms with Gasteiger partial charge in [-0.25, -0.2) is 0 Å². The first-order valence-electron chi connectivity index (χ1n) is 8.00. The molecule has 0 bridgehead atoms. The van der Waals surface area contributed by atoms with Crippen molar-refractivity contribution >= 4 is 0 Å². The zero-order valence-electron chi connectivity index (χ0n) is 12.8. The van der Waals surface area contributed by atoms with Crippen LogP contribution < -0.4 is 5.32 Å². The molecular weight excluding hydrogens is 230 g/mol. The molecule has 0 aromatic heterocycles. The largest absolute Gasteiger partial charge is 0.314 e. The monoisotopic (exact) mass is 259 g/mol. The van der Waals surface area contributed by atoms with E-state index in [9.17, 15) is 0 Å². The van der Waals surface area contributed by atoms with Crippen LogP contribution in [0.25, 0.3) is 0 Å². The van der Waals surface area contributed by atoms with Crippen molar-refractivity contribution in [1.29, 1.82) is 0 Å². The Morgan fingerprint density at radius 2 is 1.74 bits per heavy atom. The number of benzene rings is 1. The van der Waals surface area contributed by atoms with Gasteiger partial charge >= 0.3 is 0 Å². The Morgan fingerprint density at radius 3 is 2.42 bits per heavy atom. The lowest BCUT2D eigenvalue weighted by Gasteiger charge is -2.27. The van der Waals surface area contributed by atoms with Crippen molar-refractivity contribution in [1.82, 2.24) is 5.32 Å². The lowest BCUT2D eigenvalue weighted by atomic mass is 9.85. The van der Waals surface area contributed by atoms with E-state index in [4.69, 9.17) is 0 Å². The summed E-state index contributed by atoms with van der Waals surface area (Å²) in [5, 5.41) is 3.73. The summed E-state index contributed by atoms with van der Waals surface area (Å²) in [6.45, 7) is 7.87. The molecule has 2 rings (SSSR count). The van der Waals surface area contributed by atoms with E-state index in [0.29, 0.717) is 0 Å². The smallest absolute Gasteiger partial charge is 0.00983 e. The topological polar surface area (TPSA) is 12.0 Å². The molecule has 0 radical (unpaired) electrons. The van der Waals surface area contributed by atoms with E-state index in [0.717, 1.165) is 18.5 Å². The van der Waals surface area contributed by atoms with Crippen molar-refractivity contribution in [3.8, 4) is 0 Å². The van der Waals surface area contributed by atoms with Gasteiger partial charge in [-0.05, 0) is 62.3 Å². The molecule has 106 valence electrons. The van der Waals surface area contributed by atoms with Crippen molar-refractivity contribution in [2.45, 2.75) is 65.3 Å². The van der Waals surface area contributed by atoms with Crippen LogP contribution in [-0.4, -0.2) is 12.6 Å². The van der Waals surface area contributed by atoms with Crippen molar-refractivity contribution in [2.24, 2.45) is 5.92 Å². The molecule has 1 N–H and O–H groups in total. The first-order valence-corrected chi connectivity index (χ1v) is 8.00. The van der Waals surface area contributed by atoms with Gasteiger partial charge < -0.3 is 5.32 Å². The van der Waals surface area contributed by atoms with Gasteiger partial charge in [0.2, 0.25) is 0 Å². The molecule has 1 aliphatic carbocycles. The summed E-state index contributed by atoms with van der Waals surface area (Å²) in [6.07, 6.45) is 8.26. The zero-order chi connectivity index (χ0) is 13.7. The summed E-state index contributed by atoms with van der Waals surface area (Å²) in [4.78, 5) is 0. The fourth-order valence-corrected chi connectivity index (χ4v) is 3.59. The van der Waals surface area contributed by atoms with E-state index in [1.54, 1.807) is 5.56 Å². The van der Waals surface area contributed by atoms with E-state index in [1.807, 2.05) is 0 Å². The van der Waals surface area contributed by atoms with Crippen molar-refractivity contribution < 1.29 is 0 Å². The Bertz CT molecular complexity index is 376. The lowest BCUT2D eigenvalue weighted by molar-refractivity contribution is 0.337. The SMILES string of the molecule is CCNC1CCCCCC1Cc1c(C)cccc1C. The molecule has 1 fully saturated rings. The molecule has 1 aromatic carbocycles. The van der Waals surface area contributed by atoms with Gasteiger partial charge in [0.25, 0.3) is 0 Å². The summed E-state index contributed by atoms with van der Waals surface area (Å²) in [6, 6.07) is 7.44. The lowest BCUT2D eigenvalue weighted by Crippen LogP contribution is -2.36. The van der Waals surface area contributed by atoms with Gasteiger partial charge in [0.1, 0.15) is 0 Å². The van der Waals surface area contributed by atoms with Crippen molar-refractivity contribution in [3.05, 3.63) is 34.9 Å². The molecule has 0 amide bonds. The molecular formula is C18H29N. The number of aryl methyl sites for hydroxylation is 2. The predicted molar refractivity (Wildman–Crippen MR) is 83.7 cm³/mol. The van der Waals surface area contributed by atoms with Gasteiger partial charge in [-0.1, -0.05) is 44.4 Å². The molecule has 0 aliphatic heterocycles. The van der Waals surface area contributed by atoms with Crippen LogP contribution in [0.4, 0.5) is 0 Å². The fourth-order valence-electron chi connectivity index (χ4n) is 3.59. The van der Waals surface area contributed by atoms with E-state index in [2.05, 4.69) is 44.3 Å². The second-order valence-corrected chi connectivity index (χ2v) is 6.14. The summed E-state index contributed by atoms with van der Waals surface area (Å²) in [5.41, 5.74) is 4.54. The highest BCUT2D eigenvalue weighted by molar-refractivity contribution is 5.34. The third-order valence-corrected chi connectivity index (χ3v) is 4.74. The molecule has 2 unspecified atom stereocenters. The maximum absolute atomic E-state index is 3.73. The van der Waals surface area contributed by atoms with Crippen LogP contribution >= 0.6 is 0 Å². The number of nitrogens with one attached hydrogen (secondary N) is 1. The minimum Gasteiger partial charge on any atom is -0.314 e. The summed E-state index contributed by atoms with van der Waals surface area (Å²) >= 11 is 0. The molecule has 19 heavy (non-hydrogen) atoms. The number of rotatable bonds is 4. The van der Waals surface area contributed by atoms with Gasteiger partial charge in [-0.2, -0.15) is 0 Å². The Labute approximate surface area is 118 Å². The van der Waals surface area contributed by atoms with E-state index >= 15 is 0 Å². The first kappa shape index (κ1) is 14.6. The van der Waals surface area contributed by atoms with Crippen LogP contribution in [0.2, 0.25) is 0 Å². The van der Waals surface area contributed by atoms with Gasteiger partial charge in [0, 0.05) is 6.04 Å². The van der Waals surface area contributed by atoms with Crippen molar-refractivity contribution in [2.75, 3.05) is 6.54 Å². The van der Waals surface area contributed by atoms with Gasteiger partial charge in [-0.3, -0.25) is 0 Å². The Balaban J connectivity index is 2.13. The minimum absolute atomic E-state index is 0.728. The Morgan fingerprint density at radius 1 is 1.05 bits per heavy atom. The van der Waals surface area contributed by atoms with Crippen LogP contribution in [0.5, 0.6) is 0 Å².